The molecular formula is C20H21N3O4. The largest absolute Gasteiger partial charge is 0.335 e. The molecule has 7 heteroatoms. The third-order valence-corrected chi connectivity index (χ3v) is 4.95. The maximum atomic E-state index is 12.6. The Morgan fingerprint density at radius 2 is 1.96 bits per heavy atom. The SMILES string of the molecule is Cc1ccc(NC(=O)[C@H]2CC(=O)N([C@H](C)c3ccccc3)C2)cc1[N+](=O)[O-]. The molecule has 0 bridgehead atoms. The van der Waals surface area contributed by atoms with Gasteiger partial charge in [-0.05, 0) is 25.5 Å². The van der Waals surface area contributed by atoms with Crippen molar-refractivity contribution in [1.29, 1.82) is 0 Å². The second kappa shape index (κ2) is 7.57. The molecule has 1 aliphatic rings. The number of nitrogens with zero attached hydrogens (tertiary/aromatic N) is 2. The van der Waals surface area contributed by atoms with Crippen LogP contribution < -0.4 is 5.32 Å². The lowest BCUT2D eigenvalue weighted by molar-refractivity contribution is -0.385. The van der Waals surface area contributed by atoms with E-state index in [4.69, 9.17) is 0 Å². The molecule has 0 saturated carbocycles. The van der Waals surface area contributed by atoms with Crippen LogP contribution in [0.15, 0.2) is 48.5 Å². The third kappa shape index (κ3) is 3.97. The number of rotatable bonds is 5. The Hall–Kier alpha value is -3.22. The Morgan fingerprint density at radius 3 is 2.63 bits per heavy atom. The predicted octanol–water partition coefficient (Wildman–Crippen LogP) is 3.45. The summed E-state index contributed by atoms with van der Waals surface area (Å²) in [6, 6.07) is 14.1. The maximum Gasteiger partial charge on any atom is 0.274 e. The number of aryl methyl sites for hydroxylation is 1. The summed E-state index contributed by atoms with van der Waals surface area (Å²) < 4.78 is 0. The number of hydrogen-bond acceptors (Lipinski definition) is 4. The number of hydrogen-bond donors (Lipinski definition) is 1. The zero-order chi connectivity index (χ0) is 19.6. The van der Waals surface area contributed by atoms with E-state index < -0.39 is 10.8 Å². The number of benzene rings is 2. The van der Waals surface area contributed by atoms with Gasteiger partial charge in [0.15, 0.2) is 0 Å². The van der Waals surface area contributed by atoms with Crippen LogP contribution in [-0.2, 0) is 9.59 Å². The normalized spacial score (nSPS) is 17.6. The third-order valence-electron chi connectivity index (χ3n) is 4.95. The number of nitro groups is 1. The molecule has 140 valence electrons. The minimum atomic E-state index is -0.482. The predicted molar refractivity (Wildman–Crippen MR) is 101 cm³/mol. The van der Waals surface area contributed by atoms with E-state index in [-0.39, 0.29) is 30.0 Å². The van der Waals surface area contributed by atoms with Gasteiger partial charge in [0.25, 0.3) is 5.69 Å². The molecule has 0 aromatic heterocycles. The molecular weight excluding hydrogens is 346 g/mol. The number of carbonyl (C=O) groups is 2. The molecule has 1 N–H and O–H groups in total. The molecule has 2 amide bonds. The first-order valence-electron chi connectivity index (χ1n) is 8.77. The van der Waals surface area contributed by atoms with Crippen molar-refractivity contribution in [2.45, 2.75) is 26.3 Å². The van der Waals surface area contributed by atoms with Gasteiger partial charge in [-0.15, -0.1) is 0 Å². The molecule has 0 spiro atoms. The van der Waals surface area contributed by atoms with Crippen molar-refractivity contribution in [3.05, 3.63) is 69.8 Å². The van der Waals surface area contributed by atoms with Gasteiger partial charge in [0.1, 0.15) is 0 Å². The van der Waals surface area contributed by atoms with Crippen LogP contribution in [0.1, 0.15) is 30.5 Å². The lowest BCUT2D eigenvalue weighted by atomic mass is 10.1. The van der Waals surface area contributed by atoms with E-state index in [2.05, 4.69) is 5.32 Å². The number of likely N-dealkylation sites (tertiary alicyclic amines) is 1. The van der Waals surface area contributed by atoms with Crippen LogP contribution in [0.25, 0.3) is 0 Å². The lowest BCUT2D eigenvalue weighted by Crippen LogP contribution is -2.30. The molecule has 0 aliphatic carbocycles. The highest BCUT2D eigenvalue weighted by Gasteiger charge is 2.37. The standard InChI is InChI=1S/C20H21N3O4/c1-13-8-9-17(11-18(13)23(26)27)21-20(25)16-10-19(24)22(12-16)14(2)15-6-4-3-5-7-15/h3-9,11,14,16H,10,12H2,1-2H3,(H,21,25)/t14-,16+/m1/s1. The van der Waals surface area contributed by atoms with Crippen molar-refractivity contribution in [2.75, 3.05) is 11.9 Å². The summed E-state index contributed by atoms with van der Waals surface area (Å²) >= 11 is 0. The van der Waals surface area contributed by atoms with Gasteiger partial charge in [-0.1, -0.05) is 36.4 Å². The van der Waals surface area contributed by atoms with Gasteiger partial charge < -0.3 is 10.2 Å². The summed E-state index contributed by atoms with van der Waals surface area (Å²) in [7, 11) is 0. The smallest absolute Gasteiger partial charge is 0.274 e. The number of anilines is 1. The second-order valence-electron chi connectivity index (χ2n) is 6.78. The molecule has 3 rings (SSSR count). The highest BCUT2D eigenvalue weighted by molar-refractivity contribution is 5.97. The summed E-state index contributed by atoms with van der Waals surface area (Å²) in [5.74, 6) is -0.852. The Kier molecular flexibility index (Phi) is 5.21. The van der Waals surface area contributed by atoms with Crippen LogP contribution >= 0.6 is 0 Å². The summed E-state index contributed by atoms with van der Waals surface area (Å²) in [5, 5.41) is 13.8. The summed E-state index contributed by atoms with van der Waals surface area (Å²) in [6.07, 6.45) is 0.136. The van der Waals surface area contributed by atoms with Crippen LogP contribution in [0.2, 0.25) is 0 Å². The molecule has 27 heavy (non-hydrogen) atoms. The molecule has 0 radical (unpaired) electrons. The van der Waals surface area contributed by atoms with Gasteiger partial charge in [-0.2, -0.15) is 0 Å². The van der Waals surface area contributed by atoms with Crippen LogP contribution in [0.5, 0.6) is 0 Å². The zero-order valence-corrected chi connectivity index (χ0v) is 15.2. The fraction of sp³-hybridized carbons (Fsp3) is 0.300. The van der Waals surface area contributed by atoms with E-state index in [9.17, 15) is 19.7 Å². The molecule has 7 nitrogen and oxygen atoms in total. The first-order valence-corrected chi connectivity index (χ1v) is 8.77. The van der Waals surface area contributed by atoms with Gasteiger partial charge in [0, 0.05) is 30.3 Å². The van der Waals surface area contributed by atoms with Crippen molar-refractivity contribution in [1.82, 2.24) is 4.90 Å². The van der Waals surface area contributed by atoms with Crippen LogP contribution in [0.3, 0.4) is 0 Å². The van der Waals surface area contributed by atoms with Crippen molar-refractivity contribution < 1.29 is 14.5 Å². The highest BCUT2D eigenvalue weighted by Crippen LogP contribution is 2.29. The second-order valence-corrected chi connectivity index (χ2v) is 6.78. The monoisotopic (exact) mass is 367 g/mol. The molecule has 2 aromatic carbocycles. The molecule has 1 fully saturated rings. The number of nitrogens with one attached hydrogen (secondary N) is 1. The first kappa shape index (κ1) is 18.6. The van der Waals surface area contributed by atoms with Crippen molar-refractivity contribution >= 4 is 23.2 Å². The van der Waals surface area contributed by atoms with Crippen LogP contribution in [0, 0.1) is 23.0 Å². The van der Waals surface area contributed by atoms with E-state index in [1.807, 2.05) is 37.3 Å². The molecule has 2 atom stereocenters. The van der Waals surface area contributed by atoms with E-state index >= 15 is 0 Å². The quantitative estimate of drug-likeness (QED) is 0.647. The van der Waals surface area contributed by atoms with Gasteiger partial charge in [-0.3, -0.25) is 19.7 Å². The molecule has 2 aromatic rings. The molecule has 1 aliphatic heterocycles. The zero-order valence-electron chi connectivity index (χ0n) is 15.2. The number of carbonyl (C=O) groups excluding carboxylic acids is 2. The van der Waals surface area contributed by atoms with Crippen LogP contribution in [0.4, 0.5) is 11.4 Å². The first-order chi connectivity index (χ1) is 12.9. The fourth-order valence-corrected chi connectivity index (χ4v) is 3.32. The summed E-state index contributed by atoms with van der Waals surface area (Å²) in [5.41, 5.74) is 1.85. The van der Waals surface area contributed by atoms with Crippen molar-refractivity contribution in [3.63, 3.8) is 0 Å². The topological polar surface area (TPSA) is 92.6 Å². The minimum Gasteiger partial charge on any atom is -0.335 e. The van der Waals surface area contributed by atoms with E-state index in [1.54, 1.807) is 24.0 Å². The average Bonchev–Trinajstić information content (AvgIpc) is 3.05. The molecule has 1 saturated heterocycles. The molecule has 1 heterocycles. The van der Waals surface area contributed by atoms with Gasteiger partial charge in [0.05, 0.1) is 16.9 Å². The summed E-state index contributed by atoms with van der Waals surface area (Å²) in [6.45, 7) is 3.91. The average molecular weight is 367 g/mol. The molecule has 0 unspecified atom stereocenters. The van der Waals surface area contributed by atoms with E-state index in [0.717, 1.165) is 5.56 Å². The van der Waals surface area contributed by atoms with Gasteiger partial charge in [-0.25, -0.2) is 0 Å². The van der Waals surface area contributed by atoms with Crippen LogP contribution in [-0.4, -0.2) is 28.2 Å². The fourth-order valence-electron chi connectivity index (χ4n) is 3.32. The Balaban J connectivity index is 1.69. The Labute approximate surface area is 157 Å². The number of nitro benzene ring substituents is 1. The van der Waals surface area contributed by atoms with Gasteiger partial charge >= 0.3 is 0 Å². The summed E-state index contributed by atoms with van der Waals surface area (Å²) in [4.78, 5) is 37.3. The van der Waals surface area contributed by atoms with Crippen molar-refractivity contribution in [3.8, 4) is 0 Å². The van der Waals surface area contributed by atoms with Gasteiger partial charge in [0.2, 0.25) is 11.8 Å². The minimum absolute atomic E-state index is 0.0466. The van der Waals surface area contributed by atoms with E-state index in [1.165, 1.54) is 6.07 Å². The van der Waals surface area contributed by atoms with Crippen molar-refractivity contribution in [2.24, 2.45) is 5.92 Å². The highest BCUT2D eigenvalue weighted by atomic mass is 16.6. The lowest BCUT2D eigenvalue weighted by Gasteiger charge is -2.25. The Morgan fingerprint density at radius 1 is 1.26 bits per heavy atom. The Bertz CT molecular complexity index is 882. The number of amides is 2. The maximum absolute atomic E-state index is 12.6. The van der Waals surface area contributed by atoms with E-state index in [0.29, 0.717) is 17.8 Å².